The normalized spacial score (nSPS) is 12.7. The van der Waals surface area contributed by atoms with Crippen LogP contribution in [0, 0.1) is 0 Å². The van der Waals surface area contributed by atoms with Crippen molar-refractivity contribution in [3.8, 4) is 22.3 Å². The Morgan fingerprint density at radius 1 is 0.327 bits per heavy atom. The van der Waals surface area contributed by atoms with Crippen LogP contribution in [0.25, 0.3) is 43.8 Å². The Labute approximate surface area is 323 Å². The second-order valence-electron chi connectivity index (χ2n) is 15.0. The van der Waals surface area contributed by atoms with E-state index in [1.165, 1.54) is 49.4 Å². The van der Waals surface area contributed by atoms with Crippen molar-refractivity contribution in [1.29, 1.82) is 0 Å². The minimum atomic E-state index is -0.0758. The summed E-state index contributed by atoms with van der Waals surface area (Å²) in [5.41, 5.74) is 14.3. The van der Waals surface area contributed by atoms with Crippen molar-refractivity contribution in [3.05, 3.63) is 217 Å². The van der Waals surface area contributed by atoms with Gasteiger partial charge in [-0.05, 0) is 122 Å². The fourth-order valence-electron chi connectivity index (χ4n) is 8.72. The second kappa shape index (κ2) is 13.2. The number of benzene rings is 9. The molecule has 0 spiro atoms. The highest BCUT2D eigenvalue weighted by atomic mass is 15.2. The Morgan fingerprint density at radius 3 is 1.55 bits per heavy atom. The first-order valence-electron chi connectivity index (χ1n) is 19.1. The number of hydrogen-bond acceptors (Lipinski definition) is 2. The first-order valence-corrected chi connectivity index (χ1v) is 19.1. The van der Waals surface area contributed by atoms with Gasteiger partial charge in [-0.15, -0.1) is 0 Å². The lowest BCUT2D eigenvalue weighted by Crippen LogP contribution is -2.15. The van der Waals surface area contributed by atoms with Crippen molar-refractivity contribution in [1.82, 2.24) is 0 Å². The van der Waals surface area contributed by atoms with Gasteiger partial charge in [0.05, 0.1) is 5.69 Å². The summed E-state index contributed by atoms with van der Waals surface area (Å²) in [6.45, 7) is 4.73. The quantitative estimate of drug-likeness (QED) is 0.152. The van der Waals surface area contributed by atoms with Gasteiger partial charge in [-0.1, -0.05) is 147 Å². The van der Waals surface area contributed by atoms with Gasteiger partial charge in [0.15, 0.2) is 0 Å². The summed E-state index contributed by atoms with van der Waals surface area (Å²) in [6.07, 6.45) is 0. The molecule has 2 nitrogen and oxygen atoms in total. The summed E-state index contributed by atoms with van der Waals surface area (Å²) >= 11 is 0. The lowest BCUT2D eigenvalue weighted by Gasteiger charge is -2.31. The summed E-state index contributed by atoms with van der Waals surface area (Å²) in [4.78, 5) is 4.79. The summed E-state index contributed by atoms with van der Waals surface area (Å²) in [5.74, 6) is 0. The molecule has 9 aromatic rings. The molecule has 0 bridgehead atoms. The van der Waals surface area contributed by atoms with Crippen molar-refractivity contribution in [2.75, 3.05) is 9.80 Å². The number of hydrogen-bond donors (Lipinski definition) is 0. The third-order valence-corrected chi connectivity index (χ3v) is 11.4. The monoisotopic (exact) mass is 704 g/mol. The van der Waals surface area contributed by atoms with Gasteiger partial charge in [0.1, 0.15) is 0 Å². The highest BCUT2D eigenvalue weighted by Gasteiger charge is 2.35. The average Bonchev–Trinajstić information content (AvgIpc) is 3.47. The molecular weight excluding hydrogens is 665 g/mol. The van der Waals surface area contributed by atoms with E-state index in [1.807, 2.05) is 0 Å². The van der Waals surface area contributed by atoms with Gasteiger partial charge in [0, 0.05) is 39.2 Å². The molecule has 0 fully saturated rings. The topological polar surface area (TPSA) is 6.48 Å². The Balaban J connectivity index is 1.22. The van der Waals surface area contributed by atoms with Crippen LogP contribution in [0.3, 0.4) is 0 Å². The molecule has 0 atom stereocenters. The maximum Gasteiger partial charge on any atom is 0.0540 e. The number of fused-ring (bicyclic) bond motifs is 6. The molecule has 10 rings (SSSR count). The van der Waals surface area contributed by atoms with E-state index in [0.29, 0.717) is 0 Å². The van der Waals surface area contributed by atoms with Gasteiger partial charge in [-0.2, -0.15) is 0 Å². The zero-order valence-electron chi connectivity index (χ0n) is 31.0. The number of rotatable bonds is 7. The van der Waals surface area contributed by atoms with E-state index < -0.39 is 0 Å². The largest absolute Gasteiger partial charge is 0.310 e. The molecule has 0 unspecified atom stereocenters. The Hall–Kier alpha value is -6.90. The highest BCUT2D eigenvalue weighted by molar-refractivity contribution is 6.14. The Kier molecular flexibility index (Phi) is 7.85. The summed E-state index contributed by atoms with van der Waals surface area (Å²) in [6, 6.07) is 75.1. The number of anilines is 6. The number of nitrogens with zero attached hydrogens (tertiary/aromatic N) is 2. The molecule has 9 aromatic carbocycles. The Morgan fingerprint density at radius 2 is 0.891 bits per heavy atom. The van der Waals surface area contributed by atoms with Crippen LogP contribution in [0.2, 0.25) is 0 Å². The van der Waals surface area contributed by atoms with Crippen LogP contribution in [-0.2, 0) is 5.41 Å². The zero-order valence-corrected chi connectivity index (χ0v) is 31.0. The lowest BCUT2D eigenvalue weighted by molar-refractivity contribution is 0.661. The Bertz CT molecular complexity index is 2790. The molecule has 0 saturated heterocycles. The van der Waals surface area contributed by atoms with Crippen LogP contribution >= 0.6 is 0 Å². The first-order chi connectivity index (χ1) is 27.0. The van der Waals surface area contributed by atoms with Crippen molar-refractivity contribution < 1.29 is 0 Å². The van der Waals surface area contributed by atoms with Crippen LogP contribution in [-0.4, -0.2) is 0 Å². The summed E-state index contributed by atoms with van der Waals surface area (Å²) in [7, 11) is 0. The molecule has 0 aromatic heterocycles. The van der Waals surface area contributed by atoms with E-state index in [0.717, 1.165) is 39.7 Å². The molecule has 262 valence electrons. The fourth-order valence-corrected chi connectivity index (χ4v) is 8.72. The molecule has 1 aliphatic carbocycles. The van der Waals surface area contributed by atoms with Gasteiger partial charge >= 0.3 is 0 Å². The van der Waals surface area contributed by atoms with Gasteiger partial charge in [-0.25, -0.2) is 0 Å². The summed E-state index contributed by atoms with van der Waals surface area (Å²) < 4.78 is 0. The van der Waals surface area contributed by atoms with Crippen molar-refractivity contribution in [2.24, 2.45) is 0 Å². The van der Waals surface area contributed by atoms with Crippen LogP contribution < -0.4 is 9.80 Å². The molecule has 0 aliphatic heterocycles. The molecular formula is C53H40N2. The van der Waals surface area contributed by atoms with Crippen LogP contribution in [0.15, 0.2) is 206 Å². The lowest BCUT2D eigenvalue weighted by atomic mass is 9.81. The maximum absolute atomic E-state index is 2.47. The smallest absolute Gasteiger partial charge is 0.0540 e. The van der Waals surface area contributed by atoms with Crippen LogP contribution in [0.4, 0.5) is 34.1 Å². The standard InChI is InChI=1S/C53H40N2/c1-53(2)50-28-16-15-26-46(50)49-34-38-30-31-47-45(48(38)36-51(49)53)27-17-29-52(47)55(42-24-13-6-14-25-42)44-33-39(37-18-7-3-8-19-37)32-43(35-44)54(40-20-9-4-10-21-40)41-22-11-5-12-23-41/h3-36H,1-2H3. The minimum Gasteiger partial charge on any atom is -0.310 e. The van der Waals surface area contributed by atoms with E-state index in [2.05, 4.69) is 230 Å². The van der Waals surface area contributed by atoms with Crippen LogP contribution in [0.5, 0.6) is 0 Å². The van der Waals surface area contributed by atoms with Gasteiger partial charge in [0.25, 0.3) is 0 Å². The molecule has 0 radical (unpaired) electrons. The maximum atomic E-state index is 2.47. The van der Waals surface area contributed by atoms with E-state index >= 15 is 0 Å². The first kappa shape index (κ1) is 32.7. The second-order valence-corrected chi connectivity index (χ2v) is 15.0. The van der Waals surface area contributed by atoms with E-state index in [4.69, 9.17) is 0 Å². The zero-order chi connectivity index (χ0) is 36.9. The predicted octanol–water partition coefficient (Wildman–Crippen LogP) is 14.9. The highest BCUT2D eigenvalue weighted by Crippen LogP contribution is 2.51. The van der Waals surface area contributed by atoms with Gasteiger partial charge in [0.2, 0.25) is 0 Å². The SMILES string of the molecule is CC1(C)c2ccccc2-c2cc3ccc4c(N(c5ccccc5)c5cc(-c6ccccc6)cc(N(c6ccccc6)c6ccccc6)c5)cccc4c3cc21. The van der Waals surface area contributed by atoms with Gasteiger partial charge < -0.3 is 9.80 Å². The third-order valence-electron chi connectivity index (χ3n) is 11.4. The number of para-hydroxylation sites is 3. The molecule has 0 saturated carbocycles. The molecule has 2 heteroatoms. The predicted molar refractivity (Wildman–Crippen MR) is 234 cm³/mol. The molecule has 1 aliphatic rings. The molecule has 0 N–H and O–H groups in total. The van der Waals surface area contributed by atoms with Crippen molar-refractivity contribution >= 4 is 55.7 Å². The van der Waals surface area contributed by atoms with Crippen molar-refractivity contribution in [3.63, 3.8) is 0 Å². The van der Waals surface area contributed by atoms with E-state index in [1.54, 1.807) is 0 Å². The average molecular weight is 705 g/mol. The fraction of sp³-hybridized carbons (Fsp3) is 0.0566. The minimum absolute atomic E-state index is 0.0758. The van der Waals surface area contributed by atoms with Crippen molar-refractivity contribution in [2.45, 2.75) is 19.3 Å². The molecule has 55 heavy (non-hydrogen) atoms. The molecule has 0 heterocycles. The van der Waals surface area contributed by atoms with Crippen LogP contribution in [0.1, 0.15) is 25.0 Å². The van der Waals surface area contributed by atoms with E-state index in [9.17, 15) is 0 Å². The summed E-state index contributed by atoms with van der Waals surface area (Å²) in [5, 5.41) is 5.00. The third kappa shape index (κ3) is 5.57. The van der Waals surface area contributed by atoms with Gasteiger partial charge in [-0.3, -0.25) is 0 Å². The molecule has 0 amide bonds. The van der Waals surface area contributed by atoms with E-state index in [-0.39, 0.29) is 5.41 Å².